The maximum Gasteiger partial charge on any atom is 0.416 e. The molecule has 1 amide bonds. The van der Waals surface area contributed by atoms with Gasteiger partial charge < -0.3 is 5.32 Å². The molecule has 0 aliphatic carbocycles. The first-order valence-corrected chi connectivity index (χ1v) is 10.0. The van der Waals surface area contributed by atoms with E-state index < -0.39 is 29.4 Å². The largest absolute Gasteiger partial charge is 0.416 e. The lowest BCUT2D eigenvalue weighted by Gasteiger charge is -2.12. The summed E-state index contributed by atoms with van der Waals surface area (Å²) >= 11 is 0. The number of benzene rings is 3. The number of para-hydroxylation sites is 1. The lowest BCUT2D eigenvalue weighted by atomic mass is 9.95. The molecule has 3 aromatic rings. The number of nitrogens with one attached hydrogen (secondary N) is 1. The molecule has 0 aromatic heterocycles. The van der Waals surface area contributed by atoms with Crippen LogP contribution in [0.15, 0.2) is 91.0 Å². The van der Waals surface area contributed by atoms with Crippen molar-refractivity contribution in [3.63, 3.8) is 0 Å². The number of allylic oxidation sites excluding steroid dienone is 2. The Morgan fingerprint density at radius 2 is 1.26 bits per heavy atom. The SMILES string of the molecule is N#Cc1ccccc1NC(=O)/C=C/C=C(c1ccc(C(F)(F)F)cc1)c1ccc(C(F)(F)F)cc1. The number of nitriles is 1. The normalized spacial score (nSPS) is 11.7. The zero-order chi connectivity index (χ0) is 25.6. The Balaban J connectivity index is 1.93. The Kier molecular flexibility index (Phi) is 7.45. The summed E-state index contributed by atoms with van der Waals surface area (Å²) in [5, 5.41) is 11.6. The smallest absolute Gasteiger partial charge is 0.321 e. The molecule has 178 valence electrons. The fraction of sp³-hybridized carbons (Fsp3) is 0.0769. The predicted molar refractivity (Wildman–Crippen MR) is 119 cm³/mol. The number of alkyl halides is 6. The van der Waals surface area contributed by atoms with Crippen molar-refractivity contribution in [2.75, 3.05) is 5.32 Å². The van der Waals surface area contributed by atoms with E-state index in [4.69, 9.17) is 5.26 Å². The zero-order valence-electron chi connectivity index (χ0n) is 17.8. The van der Waals surface area contributed by atoms with E-state index in [9.17, 15) is 31.1 Å². The van der Waals surface area contributed by atoms with Gasteiger partial charge in [-0.25, -0.2) is 0 Å². The highest BCUT2D eigenvalue weighted by atomic mass is 19.4. The first kappa shape index (κ1) is 25.3. The number of carbonyl (C=O) groups excluding carboxylic acids is 1. The summed E-state index contributed by atoms with van der Waals surface area (Å²) in [6, 6.07) is 16.5. The lowest BCUT2D eigenvalue weighted by Crippen LogP contribution is -2.08. The monoisotopic (exact) mass is 486 g/mol. The molecule has 0 heterocycles. The van der Waals surface area contributed by atoms with Crippen LogP contribution in [-0.2, 0) is 17.1 Å². The van der Waals surface area contributed by atoms with Crippen molar-refractivity contribution in [2.24, 2.45) is 0 Å². The van der Waals surface area contributed by atoms with Crippen LogP contribution < -0.4 is 5.32 Å². The van der Waals surface area contributed by atoms with Gasteiger partial charge in [-0.3, -0.25) is 4.79 Å². The summed E-state index contributed by atoms with van der Waals surface area (Å²) in [5.41, 5.74) is -0.304. The van der Waals surface area contributed by atoms with Gasteiger partial charge in [0.1, 0.15) is 6.07 Å². The minimum atomic E-state index is -4.55. The second-order valence-electron chi connectivity index (χ2n) is 7.24. The number of halogens is 6. The van der Waals surface area contributed by atoms with E-state index in [1.165, 1.54) is 48.6 Å². The lowest BCUT2D eigenvalue weighted by molar-refractivity contribution is -0.138. The van der Waals surface area contributed by atoms with Crippen molar-refractivity contribution in [1.82, 2.24) is 0 Å². The third-order valence-electron chi connectivity index (χ3n) is 4.86. The van der Waals surface area contributed by atoms with Gasteiger partial charge in [0, 0.05) is 6.08 Å². The number of hydrogen-bond acceptors (Lipinski definition) is 2. The Morgan fingerprint density at radius 1 is 0.771 bits per heavy atom. The second kappa shape index (κ2) is 10.3. The van der Waals surface area contributed by atoms with Gasteiger partial charge in [-0.1, -0.05) is 48.6 Å². The van der Waals surface area contributed by atoms with Gasteiger partial charge in [-0.15, -0.1) is 0 Å². The first-order chi connectivity index (χ1) is 16.5. The van der Waals surface area contributed by atoms with Gasteiger partial charge in [0.2, 0.25) is 5.91 Å². The third-order valence-corrected chi connectivity index (χ3v) is 4.86. The average Bonchev–Trinajstić information content (AvgIpc) is 2.81. The summed E-state index contributed by atoms with van der Waals surface area (Å²) in [6.07, 6.45) is -5.25. The number of hydrogen-bond donors (Lipinski definition) is 1. The van der Waals surface area contributed by atoms with Crippen LogP contribution in [0.4, 0.5) is 32.0 Å². The van der Waals surface area contributed by atoms with Crippen LogP contribution >= 0.6 is 0 Å². The van der Waals surface area contributed by atoms with E-state index in [-0.39, 0.29) is 5.56 Å². The number of amides is 1. The molecule has 3 nitrogen and oxygen atoms in total. The molecule has 3 rings (SSSR count). The summed E-state index contributed by atoms with van der Waals surface area (Å²) < 4.78 is 77.6. The molecule has 35 heavy (non-hydrogen) atoms. The van der Waals surface area contributed by atoms with Gasteiger partial charge in [-0.2, -0.15) is 31.6 Å². The Labute approximate surface area is 196 Å². The molecule has 0 radical (unpaired) electrons. The van der Waals surface area contributed by atoms with Crippen LogP contribution in [0.5, 0.6) is 0 Å². The van der Waals surface area contributed by atoms with Gasteiger partial charge >= 0.3 is 12.4 Å². The molecule has 3 aromatic carbocycles. The van der Waals surface area contributed by atoms with E-state index in [1.807, 2.05) is 6.07 Å². The van der Waals surface area contributed by atoms with Crippen LogP contribution in [0.1, 0.15) is 27.8 Å². The van der Waals surface area contributed by atoms with E-state index in [1.54, 1.807) is 12.1 Å². The average molecular weight is 486 g/mol. The van der Waals surface area contributed by atoms with Crippen LogP contribution in [0.25, 0.3) is 5.57 Å². The summed E-state index contributed by atoms with van der Waals surface area (Å²) in [5.74, 6) is -0.580. The van der Waals surface area contributed by atoms with E-state index >= 15 is 0 Å². The molecule has 0 atom stereocenters. The Hall–Kier alpha value is -4.32. The molecular weight excluding hydrogens is 470 g/mol. The quantitative estimate of drug-likeness (QED) is 0.235. The maximum absolute atomic E-state index is 12.9. The first-order valence-electron chi connectivity index (χ1n) is 10.0. The molecule has 0 spiro atoms. The van der Waals surface area contributed by atoms with Gasteiger partial charge in [0.05, 0.1) is 22.4 Å². The highest BCUT2D eigenvalue weighted by Crippen LogP contribution is 2.33. The summed E-state index contributed by atoms with van der Waals surface area (Å²) in [4.78, 5) is 12.3. The molecule has 0 aliphatic rings. The molecule has 1 N–H and O–H groups in total. The number of nitrogens with zero attached hydrogens (tertiary/aromatic N) is 1. The van der Waals surface area contributed by atoms with Gasteiger partial charge in [0.25, 0.3) is 0 Å². The highest BCUT2D eigenvalue weighted by molar-refractivity contribution is 6.00. The number of carbonyl (C=O) groups is 1. The van der Waals surface area contributed by atoms with Crippen LogP contribution in [0.3, 0.4) is 0 Å². The Morgan fingerprint density at radius 3 is 1.71 bits per heavy atom. The number of rotatable bonds is 5. The fourth-order valence-corrected chi connectivity index (χ4v) is 3.13. The van der Waals surface area contributed by atoms with E-state index in [0.29, 0.717) is 22.4 Å². The molecule has 0 unspecified atom stereocenters. The molecule has 0 aliphatic heterocycles. The van der Waals surface area contributed by atoms with Crippen molar-refractivity contribution < 1.29 is 31.1 Å². The molecule has 0 fully saturated rings. The van der Waals surface area contributed by atoms with Crippen molar-refractivity contribution in [1.29, 1.82) is 5.26 Å². The van der Waals surface area contributed by atoms with Crippen molar-refractivity contribution in [3.05, 3.63) is 119 Å². The molecular formula is C26H16F6N2O. The van der Waals surface area contributed by atoms with E-state index in [2.05, 4.69) is 5.32 Å². The summed E-state index contributed by atoms with van der Waals surface area (Å²) in [6.45, 7) is 0. The standard InChI is InChI=1S/C26H16F6N2O/c27-25(28,29)20-12-8-17(9-13-20)22(18-10-14-21(15-11-18)26(30,31)32)5-3-7-24(35)34-23-6-2-1-4-19(23)16-33/h1-15H,(H,34,35)/b7-3+. The molecule has 0 bridgehead atoms. The van der Waals surface area contributed by atoms with Crippen molar-refractivity contribution in [3.8, 4) is 6.07 Å². The second-order valence-corrected chi connectivity index (χ2v) is 7.24. The topological polar surface area (TPSA) is 52.9 Å². The molecule has 9 heteroatoms. The van der Waals surface area contributed by atoms with Crippen molar-refractivity contribution in [2.45, 2.75) is 12.4 Å². The maximum atomic E-state index is 12.9. The highest BCUT2D eigenvalue weighted by Gasteiger charge is 2.31. The predicted octanol–water partition coefficient (Wildman–Crippen LogP) is 7.22. The van der Waals surface area contributed by atoms with Crippen LogP contribution in [0, 0.1) is 11.3 Å². The van der Waals surface area contributed by atoms with E-state index in [0.717, 1.165) is 30.3 Å². The third kappa shape index (κ3) is 6.60. The molecule has 0 saturated carbocycles. The minimum Gasteiger partial charge on any atom is -0.321 e. The Bertz CT molecular complexity index is 1240. The van der Waals surface area contributed by atoms with Crippen molar-refractivity contribution >= 4 is 17.2 Å². The van der Waals surface area contributed by atoms with Crippen LogP contribution in [0.2, 0.25) is 0 Å². The minimum absolute atomic E-state index is 0.250. The van der Waals surface area contributed by atoms with Gasteiger partial charge in [0.15, 0.2) is 0 Å². The van der Waals surface area contributed by atoms with Crippen LogP contribution in [-0.4, -0.2) is 5.91 Å². The number of anilines is 1. The van der Waals surface area contributed by atoms with Gasteiger partial charge in [-0.05, 0) is 53.1 Å². The zero-order valence-corrected chi connectivity index (χ0v) is 17.8. The molecule has 0 saturated heterocycles. The summed E-state index contributed by atoms with van der Waals surface area (Å²) in [7, 11) is 0. The fourth-order valence-electron chi connectivity index (χ4n) is 3.13.